The summed E-state index contributed by atoms with van der Waals surface area (Å²) in [6, 6.07) is 7.50. The van der Waals surface area contributed by atoms with Gasteiger partial charge in [0, 0.05) is 21.9 Å². The van der Waals surface area contributed by atoms with Crippen LogP contribution in [0.4, 0.5) is 13.2 Å². The summed E-state index contributed by atoms with van der Waals surface area (Å²) in [5.74, 6) is 0.757. The smallest absolute Gasteiger partial charge is 0.496 e. The summed E-state index contributed by atoms with van der Waals surface area (Å²) in [7, 11) is 1.54. The van der Waals surface area contributed by atoms with Gasteiger partial charge in [0.1, 0.15) is 28.4 Å². The second kappa shape index (κ2) is 5.97. The van der Waals surface area contributed by atoms with Crippen molar-refractivity contribution >= 4 is 21.9 Å². The Hall–Kier alpha value is -3.09. The third-order valence-electron chi connectivity index (χ3n) is 4.41. The van der Waals surface area contributed by atoms with Crippen molar-refractivity contribution in [1.82, 2.24) is 0 Å². The third-order valence-corrected chi connectivity index (χ3v) is 4.41. The molecule has 0 aliphatic carbocycles. The van der Waals surface area contributed by atoms with E-state index in [2.05, 4.69) is 11.0 Å². The van der Waals surface area contributed by atoms with Crippen molar-refractivity contribution < 1.29 is 31.5 Å². The molecular formula is C20H14F3O4. The van der Waals surface area contributed by atoms with Crippen LogP contribution in [0.25, 0.3) is 33.3 Å². The van der Waals surface area contributed by atoms with E-state index in [-0.39, 0.29) is 5.75 Å². The highest BCUT2D eigenvalue weighted by atomic mass is 19.4. The first kappa shape index (κ1) is 17.3. The highest BCUT2D eigenvalue weighted by Gasteiger charge is 2.31. The van der Waals surface area contributed by atoms with Crippen LogP contribution in [0, 0.1) is 20.1 Å². The Morgan fingerprint density at radius 2 is 1.78 bits per heavy atom. The van der Waals surface area contributed by atoms with Crippen molar-refractivity contribution in [2.45, 2.75) is 20.2 Å². The molecule has 0 saturated heterocycles. The third kappa shape index (κ3) is 2.89. The van der Waals surface area contributed by atoms with E-state index in [9.17, 15) is 13.2 Å². The van der Waals surface area contributed by atoms with E-state index in [0.29, 0.717) is 39.2 Å². The minimum atomic E-state index is -4.76. The molecule has 0 unspecified atom stereocenters. The minimum Gasteiger partial charge on any atom is -0.496 e. The Bertz CT molecular complexity index is 1150. The number of ether oxygens (including phenoxy) is 2. The van der Waals surface area contributed by atoms with Crippen molar-refractivity contribution in [2.24, 2.45) is 0 Å². The zero-order chi connectivity index (χ0) is 19.3. The first-order chi connectivity index (χ1) is 12.8. The number of halogens is 3. The molecule has 139 valence electrons. The van der Waals surface area contributed by atoms with Crippen molar-refractivity contribution in [3.63, 3.8) is 0 Å². The maximum atomic E-state index is 12.5. The number of hydrogen-bond acceptors (Lipinski definition) is 4. The number of hydrogen-bond donors (Lipinski definition) is 0. The lowest BCUT2D eigenvalue weighted by atomic mass is 10.0. The van der Waals surface area contributed by atoms with Crippen LogP contribution in [-0.4, -0.2) is 13.5 Å². The molecule has 27 heavy (non-hydrogen) atoms. The quantitative estimate of drug-likeness (QED) is 0.429. The van der Waals surface area contributed by atoms with E-state index in [1.165, 1.54) is 25.3 Å². The molecule has 1 radical (unpaired) electrons. The summed E-state index contributed by atoms with van der Waals surface area (Å²) in [5.41, 5.74) is 3.18. The van der Waals surface area contributed by atoms with Crippen molar-refractivity contribution in [2.75, 3.05) is 7.11 Å². The molecule has 0 amide bonds. The summed E-state index contributed by atoms with van der Waals surface area (Å²) in [6.45, 7) is 3.62. The van der Waals surface area contributed by atoms with Gasteiger partial charge in [0.15, 0.2) is 6.26 Å². The predicted molar refractivity (Wildman–Crippen MR) is 93.0 cm³/mol. The lowest BCUT2D eigenvalue weighted by Crippen LogP contribution is -2.16. The standard InChI is InChI=1S/C20H14F3O4/c1-10-9-25-16-7-6-15(24-3)18(17(10)16)19-11(2)13-8-12(27-20(21,22)23)4-5-14(13)26-19/h4-8H,1-3H3. The molecule has 0 bridgehead atoms. The summed E-state index contributed by atoms with van der Waals surface area (Å²) in [5, 5.41) is 1.30. The van der Waals surface area contributed by atoms with Gasteiger partial charge in [-0.25, -0.2) is 0 Å². The zero-order valence-electron chi connectivity index (χ0n) is 14.7. The molecule has 0 atom stereocenters. The molecule has 2 aromatic heterocycles. The highest BCUT2D eigenvalue weighted by Crippen LogP contribution is 2.44. The van der Waals surface area contributed by atoms with Crippen LogP contribution < -0.4 is 9.47 Å². The fourth-order valence-corrected chi connectivity index (χ4v) is 3.24. The van der Waals surface area contributed by atoms with Crippen LogP contribution >= 0.6 is 0 Å². The van der Waals surface area contributed by atoms with E-state index in [0.717, 1.165) is 10.9 Å². The van der Waals surface area contributed by atoms with Crippen LogP contribution in [0.1, 0.15) is 11.1 Å². The first-order valence-electron chi connectivity index (χ1n) is 8.05. The maximum Gasteiger partial charge on any atom is 0.573 e. The monoisotopic (exact) mass is 375 g/mol. The van der Waals surface area contributed by atoms with Gasteiger partial charge in [0.25, 0.3) is 0 Å². The molecule has 0 N–H and O–H groups in total. The zero-order valence-corrected chi connectivity index (χ0v) is 14.7. The number of methoxy groups -OCH3 is 1. The Balaban J connectivity index is 1.96. The van der Waals surface area contributed by atoms with Gasteiger partial charge in [-0.15, -0.1) is 13.2 Å². The Labute approximate surface area is 152 Å². The van der Waals surface area contributed by atoms with Crippen LogP contribution in [0.3, 0.4) is 0 Å². The Kier molecular flexibility index (Phi) is 3.83. The number of aryl methyl sites for hydroxylation is 2. The molecular weight excluding hydrogens is 361 g/mol. The number of benzene rings is 2. The van der Waals surface area contributed by atoms with Gasteiger partial charge in [-0.1, -0.05) is 0 Å². The molecule has 2 aromatic carbocycles. The molecule has 7 heteroatoms. The molecule has 4 rings (SSSR count). The van der Waals surface area contributed by atoms with Crippen LogP contribution in [0.15, 0.2) is 39.2 Å². The predicted octanol–water partition coefficient (Wildman–Crippen LogP) is 6.17. The van der Waals surface area contributed by atoms with Gasteiger partial charge in [-0.3, -0.25) is 0 Å². The first-order valence-corrected chi connectivity index (χ1v) is 8.05. The van der Waals surface area contributed by atoms with Gasteiger partial charge in [-0.2, -0.15) is 0 Å². The van der Waals surface area contributed by atoms with Crippen molar-refractivity contribution in [3.05, 3.63) is 47.7 Å². The molecule has 2 heterocycles. The van der Waals surface area contributed by atoms with E-state index in [1.807, 2.05) is 6.92 Å². The Morgan fingerprint density at radius 1 is 1.04 bits per heavy atom. The van der Waals surface area contributed by atoms with E-state index >= 15 is 0 Å². The van der Waals surface area contributed by atoms with Gasteiger partial charge >= 0.3 is 6.36 Å². The molecule has 0 aliphatic heterocycles. The average Bonchev–Trinajstić information content (AvgIpc) is 3.14. The molecule has 0 aliphatic rings. The van der Waals surface area contributed by atoms with Crippen LogP contribution in [0.2, 0.25) is 0 Å². The summed E-state index contributed by atoms with van der Waals surface area (Å²) in [4.78, 5) is 0. The molecule has 4 aromatic rings. The number of rotatable bonds is 3. The van der Waals surface area contributed by atoms with Gasteiger partial charge in [0.2, 0.25) is 0 Å². The normalized spacial score (nSPS) is 12.1. The molecule has 0 fully saturated rings. The molecule has 0 saturated carbocycles. The summed E-state index contributed by atoms with van der Waals surface area (Å²) >= 11 is 0. The lowest BCUT2D eigenvalue weighted by molar-refractivity contribution is -0.274. The minimum absolute atomic E-state index is 0.302. The van der Waals surface area contributed by atoms with E-state index < -0.39 is 6.36 Å². The number of fused-ring (bicyclic) bond motifs is 2. The fraction of sp³-hybridized carbons (Fsp3) is 0.200. The van der Waals surface area contributed by atoms with E-state index in [1.54, 1.807) is 19.1 Å². The second-order valence-corrected chi connectivity index (χ2v) is 6.11. The highest BCUT2D eigenvalue weighted by molar-refractivity contribution is 6.01. The SMILES string of the molecule is COc1ccc2o[c]c(C)c2c1-c1oc2ccc(OC(F)(F)F)cc2c1C. The molecule has 0 spiro atoms. The van der Waals surface area contributed by atoms with Gasteiger partial charge in [0.05, 0.1) is 12.7 Å². The maximum absolute atomic E-state index is 12.5. The van der Waals surface area contributed by atoms with Crippen LogP contribution in [0.5, 0.6) is 11.5 Å². The average molecular weight is 375 g/mol. The largest absolute Gasteiger partial charge is 0.573 e. The number of alkyl halides is 3. The summed E-state index contributed by atoms with van der Waals surface area (Å²) in [6.07, 6.45) is -1.95. The lowest BCUT2D eigenvalue weighted by Gasteiger charge is -2.09. The molecule has 4 nitrogen and oxygen atoms in total. The van der Waals surface area contributed by atoms with Gasteiger partial charge in [-0.05, 0) is 44.2 Å². The second-order valence-electron chi connectivity index (χ2n) is 6.11. The fourth-order valence-electron chi connectivity index (χ4n) is 3.24. The number of furan rings is 2. The summed E-state index contributed by atoms with van der Waals surface area (Å²) < 4.78 is 58.5. The Morgan fingerprint density at radius 3 is 2.48 bits per heavy atom. The van der Waals surface area contributed by atoms with E-state index in [4.69, 9.17) is 13.6 Å². The van der Waals surface area contributed by atoms with Crippen molar-refractivity contribution in [3.8, 4) is 22.8 Å². The van der Waals surface area contributed by atoms with Crippen LogP contribution in [-0.2, 0) is 0 Å². The van der Waals surface area contributed by atoms with Crippen molar-refractivity contribution in [1.29, 1.82) is 0 Å². The topological polar surface area (TPSA) is 44.7 Å². The van der Waals surface area contributed by atoms with Gasteiger partial charge < -0.3 is 18.3 Å².